The number of rotatable bonds is 3. The van der Waals surface area contributed by atoms with E-state index < -0.39 is 5.97 Å². The van der Waals surface area contributed by atoms with Crippen molar-refractivity contribution >= 4 is 23.2 Å². The van der Waals surface area contributed by atoms with Crippen LogP contribution >= 0.6 is 0 Å². The van der Waals surface area contributed by atoms with Gasteiger partial charge in [-0.1, -0.05) is 0 Å². The topological polar surface area (TPSA) is 103 Å². The van der Waals surface area contributed by atoms with Crippen LogP contribution in [0.3, 0.4) is 0 Å². The number of pyridine rings is 1. The van der Waals surface area contributed by atoms with E-state index in [9.17, 15) is 4.79 Å². The fraction of sp³-hybridized carbons (Fsp3) is 0.0714. The predicted octanol–water partition coefficient (Wildman–Crippen LogP) is 2.00. The molecule has 0 saturated heterocycles. The predicted molar refractivity (Wildman–Crippen MR) is 74.8 cm³/mol. The molecule has 0 aliphatic carbocycles. The molecule has 0 atom stereocenters. The quantitative estimate of drug-likeness (QED) is 0.882. The number of nitrogens with zero attached hydrogens (tertiary/aromatic N) is 3. The van der Waals surface area contributed by atoms with Gasteiger partial charge >= 0.3 is 5.97 Å². The molecule has 0 aliphatic rings. The summed E-state index contributed by atoms with van der Waals surface area (Å²) >= 11 is 0. The second kappa shape index (κ2) is 5.28. The third kappa shape index (κ3) is 2.37. The molecule has 2 aromatic rings. The summed E-state index contributed by atoms with van der Waals surface area (Å²) in [6.45, 7) is 0. The van der Waals surface area contributed by atoms with Crippen LogP contribution in [-0.2, 0) is 0 Å². The minimum Gasteiger partial charge on any atom is -0.478 e. The minimum atomic E-state index is -1.10. The van der Waals surface area contributed by atoms with Gasteiger partial charge in [0, 0.05) is 18.9 Å². The first-order chi connectivity index (χ1) is 9.54. The number of anilines is 3. The SMILES string of the molecule is CN(c1ccc(C#N)cc1)c1nccc(C(=O)O)c1N. The van der Waals surface area contributed by atoms with E-state index in [0.717, 1.165) is 5.69 Å². The molecule has 20 heavy (non-hydrogen) atoms. The van der Waals surface area contributed by atoms with Gasteiger partial charge in [-0.15, -0.1) is 0 Å². The molecule has 0 fully saturated rings. The van der Waals surface area contributed by atoms with Gasteiger partial charge in [-0.05, 0) is 30.3 Å². The van der Waals surface area contributed by atoms with Crippen molar-refractivity contribution in [2.45, 2.75) is 0 Å². The zero-order chi connectivity index (χ0) is 14.7. The van der Waals surface area contributed by atoms with Gasteiger partial charge in [0.15, 0.2) is 5.82 Å². The molecule has 6 heteroatoms. The Bertz CT molecular complexity index is 689. The number of aromatic carboxylic acids is 1. The van der Waals surface area contributed by atoms with E-state index in [1.165, 1.54) is 12.3 Å². The summed E-state index contributed by atoms with van der Waals surface area (Å²) < 4.78 is 0. The number of nitrogen functional groups attached to an aromatic ring is 1. The average Bonchev–Trinajstić information content (AvgIpc) is 2.46. The molecular weight excluding hydrogens is 256 g/mol. The first-order valence-electron chi connectivity index (χ1n) is 5.76. The number of nitrogens with two attached hydrogens (primary N) is 1. The third-order valence-electron chi connectivity index (χ3n) is 2.90. The van der Waals surface area contributed by atoms with Gasteiger partial charge in [0.25, 0.3) is 0 Å². The van der Waals surface area contributed by atoms with E-state index >= 15 is 0 Å². The van der Waals surface area contributed by atoms with Crippen LogP contribution in [0.2, 0.25) is 0 Å². The summed E-state index contributed by atoms with van der Waals surface area (Å²) in [5.41, 5.74) is 7.25. The lowest BCUT2D eigenvalue weighted by molar-refractivity contribution is 0.0698. The van der Waals surface area contributed by atoms with Crippen molar-refractivity contribution in [1.29, 1.82) is 5.26 Å². The number of hydrogen-bond acceptors (Lipinski definition) is 5. The molecule has 0 bridgehead atoms. The first-order valence-corrected chi connectivity index (χ1v) is 5.76. The van der Waals surface area contributed by atoms with E-state index in [0.29, 0.717) is 11.4 Å². The Labute approximate surface area is 115 Å². The summed E-state index contributed by atoms with van der Waals surface area (Å²) in [6.07, 6.45) is 1.40. The van der Waals surface area contributed by atoms with Gasteiger partial charge < -0.3 is 15.7 Å². The molecule has 0 unspecified atom stereocenters. The normalized spacial score (nSPS) is 9.80. The van der Waals surface area contributed by atoms with Crippen molar-refractivity contribution < 1.29 is 9.90 Å². The molecule has 100 valence electrons. The van der Waals surface area contributed by atoms with Crippen LogP contribution in [0.5, 0.6) is 0 Å². The molecule has 6 nitrogen and oxygen atoms in total. The van der Waals surface area contributed by atoms with E-state index in [1.807, 2.05) is 6.07 Å². The van der Waals surface area contributed by atoms with Crippen LogP contribution in [0.4, 0.5) is 17.2 Å². The molecule has 1 aromatic carbocycles. The van der Waals surface area contributed by atoms with Crippen LogP contribution in [0, 0.1) is 11.3 Å². The van der Waals surface area contributed by atoms with Crippen molar-refractivity contribution in [3.05, 3.63) is 47.7 Å². The molecule has 1 heterocycles. The highest BCUT2D eigenvalue weighted by Gasteiger charge is 2.16. The second-order valence-electron chi connectivity index (χ2n) is 4.12. The van der Waals surface area contributed by atoms with Crippen LogP contribution in [-0.4, -0.2) is 23.1 Å². The number of hydrogen-bond donors (Lipinski definition) is 2. The Morgan fingerprint density at radius 1 is 1.35 bits per heavy atom. The minimum absolute atomic E-state index is 0.00972. The third-order valence-corrected chi connectivity index (χ3v) is 2.90. The van der Waals surface area contributed by atoms with Gasteiger partial charge in [0.05, 0.1) is 22.9 Å². The molecule has 0 saturated carbocycles. The molecule has 1 aromatic heterocycles. The average molecular weight is 268 g/mol. The number of nitriles is 1. The van der Waals surface area contributed by atoms with Crippen LogP contribution in [0.25, 0.3) is 0 Å². The largest absolute Gasteiger partial charge is 0.478 e. The van der Waals surface area contributed by atoms with E-state index in [2.05, 4.69) is 4.98 Å². The van der Waals surface area contributed by atoms with Crippen molar-refractivity contribution in [2.75, 3.05) is 17.7 Å². The highest BCUT2D eigenvalue weighted by atomic mass is 16.4. The summed E-state index contributed by atoms with van der Waals surface area (Å²) in [7, 11) is 1.73. The Hall–Kier alpha value is -3.07. The highest BCUT2D eigenvalue weighted by molar-refractivity contribution is 5.96. The summed E-state index contributed by atoms with van der Waals surface area (Å²) in [6, 6.07) is 10.2. The smallest absolute Gasteiger partial charge is 0.337 e. The Kier molecular flexibility index (Phi) is 3.53. The first kappa shape index (κ1) is 13.4. The van der Waals surface area contributed by atoms with Crippen molar-refractivity contribution in [3.63, 3.8) is 0 Å². The van der Waals surface area contributed by atoms with Gasteiger partial charge in [-0.25, -0.2) is 9.78 Å². The number of carbonyl (C=O) groups is 1. The molecule has 0 radical (unpaired) electrons. The molecule has 0 aliphatic heterocycles. The van der Waals surface area contributed by atoms with E-state index in [4.69, 9.17) is 16.1 Å². The number of aromatic nitrogens is 1. The summed E-state index contributed by atoms with van der Waals surface area (Å²) in [4.78, 5) is 16.8. The lowest BCUT2D eigenvalue weighted by atomic mass is 10.2. The Morgan fingerprint density at radius 3 is 2.55 bits per heavy atom. The van der Waals surface area contributed by atoms with Crippen LogP contribution in [0.15, 0.2) is 36.5 Å². The lowest BCUT2D eigenvalue weighted by Gasteiger charge is -2.20. The molecular formula is C14H12N4O2. The van der Waals surface area contributed by atoms with Crippen LogP contribution < -0.4 is 10.6 Å². The molecule has 3 N–H and O–H groups in total. The summed E-state index contributed by atoms with van der Waals surface area (Å²) in [5.74, 6) is -0.742. The standard InChI is InChI=1S/C14H12N4O2/c1-18(10-4-2-9(8-15)3-5-10)13-12(16)11(14(19)20)6-7-17-13/h2-7H,16H2,1H3,(H,19,20). The number of carboxylic acid groups (broad SMARTS) is 1. The monoisotopic (exact) mass is 268 g/mol. The molecule has 0 spiro atoms. The maximum absolute atomic E-state index is 11.1. The lowest BCUT2D eigenvalue weighted by Crippen LogP contribution is -2.15. The van der Waals surface area contributed by atoms with Crippen LogP contribution in [0.1, 0.15) is 15.9 Å². The zero-order valence-corrected chi connectivity index (χ0v) is 10.7. The Balaban J connectivity index is 2.43. The molecule has 2 rings (SSSR count). The van der Waals surface area contributed by atoms with E-state index in [1.54, 1.807) is 36.2 Å². The van der Waals surface area contributed by atoms with Crippen molar-refractivity contribution in [1.82, 2.24) is 4.98 Å². The zero-order valence-electron chi connectivity index (χ0n) is 10.7. The number of benzene rings is 1. The van der Waals surface area contributed by atoms with Crippen molar-refractivity contribution in [2.24, 2.45) is 0 Å². The maximum atomic E-state index is 11.1. The Morgan fingerprint density at radius 2 is 2.00 bits per heavy atom. The molecule has 0 amide bonds. The fourth-order valence-electron chi connectivity index (χ4n) is 1.80. The van der Waals surface area contributed by atoms with Crippen molar-refractivity contribution in [3.8, 4) is 6.07 Å². The fourth-order valence-corrected chi connectivity index (χ4v) is 1.80. The highest BCUT2D eigenvalue weighted by Crippen LogP contribution is 2.29. The number of carboxylic acids is 1. The van der Waals surface area contributed by atoms with Gasteiger partial charge in [0.2, 0.25) is 0 Å². The van der Waals surface area contributed by atoms with Gasteiger partial charge in [-0.3, -0.25) is 0 Å². The van der Waals surface area contributed by atoms with E-state index in [-0.39, 0.29) is 11.3 Å². The second-order valence-corrected chi connectivity index (χ2v) is 4.12. The summed E-state index contributed by atoms with van der Waals surface area (Å²) in [5, 5.41) is 17.8. The van der Waals surface area contributed by atoms with Gasteiger partial charge in [-0.2, -0.15) is 5.26 Å². The maximum Gasteiger partial charge on any atom is 0.337 e. The van der Waals surface area contributed by atoms with Gasteiger partial charge in [0.1, 0.15) is 0 Å².